The maximum Gasteiger partial charge on any atom is 0.392 e. The predicted molar refractivity (Wildman–Crippen MR) is 32.3 cm³/mol. The van der Waals surface area contributed by atoms with Crippen LogP contribution in [-0.4, -0.2) is 6.18 Å². The monoisotopic (exact) mass is 151 g/mol. The summed E-state index contributed by atoms with van der Waals surface area (Å²) >= 11 is 0. The summed E-state index contributed by atoms with van der Waals surface area (Å²) in [4.78, 5) is 0. The molecule has 3 heteroatoms. The summed E-state index contributed by atoms with van der Waals surface area (Å²) in [6.45, 7) is 0. The van der Waals surface area contributed by atoms with Crippen molar-refractivity contribution in [1.29, 1.82) is 0 Å². The Balaban J connectivity index is 2.24. The first kappa shape index (κ1) is 7.89. The topological polar surface area (TPSA) is 0 Å². The van der Waals surface area contributed by atoms with E-state index in [1.165, 1.54) is 0 Å². The van der Waals surface area contributed by atoms with E-state index in [1.807, 2.05) is 0 Å². The van der Waals surface area contributed by atoms with E-state index in [0.717, 1.165) is 25.7 Å². The third-order valence-corrected chi connectivity index (χ3v) is 1.82. The lowest BCUT2D eigenvalue weighted by molar-refractivity contribution is -0.103. The van der Waals surface area contributed by atoms with Gasteiger partial charge in [0, 0.05) is 0 Å². The number of alkyl halides is 3. The molecule has 0 aromatic rings. The molecule has 0 spiro atoms. The van der Waals surface area contributed by atoms with Gasteiger partial charge in [0.2, 0.25) is 0 Å². The van der Waals surface area contributed by atoms with Gasteiger partial charge in [0.1, 0.15) is 0 Å². The highest BCUT2D eigenvalue weighted by Crippen LogP contribution is 2.33. The Bertz CT molecular complexity index is 99.9. The van der Waals surface area contributed by atoms with E-state index in [0.29, 0.717) is 6.42 Å². The molecule has 1 fully saturated rings. The lowest BCUT2D eigenvalue weighted by atomic mass is 10.0. The van der Waals surface area contributed by atoms with Crippen LogP contribution in [0.1, 0.15) is 25.7 Å². The van der Waals surface area contributed by atoms with Gasteiger partial charge in [-0.05, 0) is 18.8 Å². The lowest BCUT2D eigenvalue weighted by Crippen LogP contribution is -2.13. The molecule has 0 bridgehead atoms. The van der Waals surface area contributed by atoms with E-state index in [-0.39, 0.29) is 5.92 Å². The molecule has 0 unspecified atom stereocenters. The van der Waals surface area contributed by atoms with E-state index >= 15 is 0 Å². The fourth-order valence-electron chi connectivity index (χ4n) is 1.39. The second-order valence-corrected chi connectivity index (χ2v) is 2.75. The molecule has 10 heavy (non-hydrogen) atoms. The minimum Gasteiger partial charge on any atom is -0.171 e. The van der Waals surface area contributed by atoms with Crippen LogP contribution in [0.15, 0.2) is 0 Å². The fourth-order valence-corrected chi connectivity index (χ4v) is 1.39. The first-order valence-electron chi connectivity index (χ1n) is 3.51. The molecule has 0 saturated heterocycles. The van der Waals surface area contributed by atoms with Crippen LogP contribution in [0.3, 0.4) is 0 Å². The van der Waals surface area contributed by atoms with Crippen LogP contribution in [0.25, 0.3) is 0 Å². The average molecular weight is 151 g/mol. The molecule has 0 atom stereocenters. The molecule has 1 aliphatic carbocycles. The van der Waals surface area contributed by atoms with Gasteiger partial charge < -0.3 is 0 Å². The van der Waals surface area contributed by atoms with Gasteiger partial charge in [0.25, 0.3) is 0 Å². The van der Waals surface area contributed by atoms with Crippen molar-refractivity contribution < 1.29 is 13.2 Å². The van der Waals surface area contributed by atoms with Crippen molar-refractivity contribution in [2.24, 2.45) is 5.92 Å². The first-order valence-corrected chi connectivity index (χ1v) is 3.51. The second kappa shape index (κ2) is 2.81. The number of rotatable bonds is 1. The largest absolute Gasteiger partial charge is 0.392 e. The molecular formula is C7H10F3. The van der Waals surface area contributed by atoms with Crippen molar-refractivity contribution in [3.8, 4) is 0 Å². The molecule has 59 valence electrons. The zero-order valence-corrected chi connectivity index (χ0v) is 5.62. The maximum absolute atomic E-state index is 11.7. The van der Waals surface area contributed by atoms with Crippen LogP contribution in [0.4, 0.5) is 13.2 Å². The predicted octanol–water partition coefficient (Wildman–Crippen LogP) is 2.94. The Labute approximate surface area is 58.4 Å². The summed E-state index contributed by atoms with van der Waals surface area (Å²) < 4.78 is 35.0. The highest BCUT2D eigenvalue weighted by Gasteiger charge is 2.33. The molecule has 0 aromatic carbocycles. The highest BCUT2D eigenvalue weighted by molar-refractivity contribution is 4.86. The molecule has 0 aromatic heterocycles. The molecule has 0 aliphatic heterocycles. The van der Waals surface area contributed by atoms with Crippen LogP contribution in [-0.2, 0) is 0 Å². The summed E-state index contributed by atoms with van der Waals surface area (Å²) in [5.41, 5.74) is 0. The van der Waals surface area contributed by atoms with Gasteiger partial charge in [-0.25, -0.2) is 0 Å². The average Bonchev–Trinajstić information content (AvgIpc) is 2.12. The Morgan fingerprint density at radius 3 is 2.00 bits per heavy atom. The quantitative estimate of drug-likeness (QED) is 0.540. The molecule has 1 rings (SSSR count). The summed E-state index contributed by atoms with van der Waals surface area (Å²) in [5.74, 6) is -0.194. The van der Waals surface area contributed by atoms with Gasteiger partial charge in [-0.1, -0.05) is 12.8 Å². The van der Waals surface area contributed by atoms with Crippen molar-refractivity contribution in [2.75, 3.05) is 0 Å². The van der Waals surface area contributed by atoms with E-state index in [9.17, 15) is 13.2 Å². The third kappa shape index (κ3) is 2.58. The fraction of sp³-hybridized carbons (Fsp3) is 0.857. The van der Waals surface area contributed by atoms with Gasteiger partial charge in [0.15, 0.2) is 0 Å². The van der Waals surface area contributed by atoms with Crippen LogP contribution >= 0.6 is 0 Å². The lowest BCUT2D eigenvalue weighted by Gasteiger charge is -2.10. The standard InChI is InChI=1S/C7H10F3/c8-7(9,10)5-6-3-1-2-4-6/h5-6H,1-4H2. The second-order valence-electron chi connectivity index (χ2n) is 2.75. The van der Waals surface area contributed by atoms with Gasteiger partial charge >= 0.3 is 6.18 Å². The molecule has 1 aliphatic rings. The van der Waals surface area contributed by atoms with Crippen molar-refractivity contribution in [1.82, 2.24) is 0 Å². The number of halogens is 3. The summed E-state index contributed by atoms with van der Waals surface area (Å²) in [6.07, 6.45) is -0.178. The van der Waals surface area contributed by atoms with Crippen molar-refractivity contribution in [2.45, 2.75) is 31.9 Å². The molecule has 0 N–H and O–H groups in total. The van der Waals surface area contributed by atoms with Crippen molar-refractivity contribution >= 4 is 0 Å². The van der Waals surface area contributed by atoms with Crippen molar-refractivity contribution in [3.05, 3.63) is 6.42 Å². The van der Waals surface area contributed by atoms with Crippen LogP contribution in [0.2, 0.25) is 0 Å². The number of hydrogen-bond acceptors (Lipinski definition) is 0. The van der Waals surface area contributed by atoms with E-state index in [4.69, 9.17) is 0 Å². The van der Waals surface area contributed by atoms with Gasteiger partial charge in [-0.3, -0.25) is 0 Å². The first-order chi connectivity index (χ1) is 4.58. The maximum atomic E-state index is 11.7. The summed E-state index contributed by atoms with van der Waals surface area (Å²) in [7, 11) is 0. The molecule has 0 heterocycles. The normalized spacial score (nSPS) is 21.9. The molecule has 1 radical (unpaired) electrons. The summed E-state index contributed by atoms with van der Waals surface area (Å²) in [5, 5.41) is 0. The Hall–Kier alpha value is -0.210. The minimum absolute atomic E-state index is 0.194. The third-order valence-electron chi connectivity index (χ3n) is 1.82. The zero-order valence-electron chi connectivity index (χ0n) is 5.62. The molecule has 0 amide bonds. The van der Waals surface area contributed by atoms with Gasteiger partial charge in [0.05, 0.1) is 6.42 Å². The van der Waals surface area contributed by atoms with Gasteiger partial charge in [-0.15, -0.1) is 0 Å². The minimum atomic E-state index is -4.06. The summed E-state index contributed by atoms with van der Waals surface area (Å²) in [6, 6.07) is 0. The Morgan fingerprint density at radius 1 is 1.10 bits per heavy atom. The Morgan fingerprint density at radius 2 is 1.60 bits per heavy atom. The molecule has 1 saturated carbocycles. The van der Waals surface area contributed by atoms with E-state index < -0.39 is 6.18 Å². The number of hydrogen-bond donors (Lipinski definition) is 0. The van der Waals surface area contributed by atoms with Crippen LogP contribution in [0.5, 0.6) is 0 Å². The molecule has 0 nitrogen and oxygen atoms in total. The highest BCUT2D eigenvalue weighted by atomic mass is 19.4. The molecular weight excluding hydrogens is 141 g/mol. The zero-order chi connectivity index (χ0) is 7.61. The Kier molecular flexibility index (Phi) is 2.21. The van der Waals surface area contributed by atoms with Crippen molar-refractivity contribution in [3.63, 3.8) is 0 Å². The van der Waals surface area contributed by atoms with Crippen LogP contribution in [0, 0.1) is 12.3 Å². The van der Waals surface area contributed by atoms with Crippen LogP contribution < -0.4 is 0 Å². The van der Waals surface area contributed by atoms with E-state index in [1.54, 1.807) is 0 Å². The SMILES string of the molecule is FC(F)(F)[CH]C1CCCC1. The van der Waals surface area contributed by atoms with Gasteiger partial charge in [-0.2, -0.15) is 13.2 Å². The smallest absolute Gasteiger partial charge is 0.171 e. The van der Waals surface area contributed by atoms with E-state index in [2.05, 4.69) is 0 Å².